The van der Waals surface area contributed by atoms with Gasteiger partial charge >= 0.3 is 5.97 Å². The minimum atomic E-state index is -1.10. The highest BCUT2D eigenvalue weighted by molar-refractivity contribution is 7.12. The highest BCUT2D eigenvalue weighted by atomic mass is 32.1. The number of aliphatic carboxylic acids is 1. The molecule has 1 amide bonds. The van der Waals surface area contributed by atoms with Crippen LogP contribution < -0.4 is 5.32 Å². The molecule has 5 heteroatoms. The van der Waals surface area contributed by atoms with Crippen LogP contribution in [0.5, 0.6) is 0 Å². The Bertz CT molecular complexity index is 400. The number of carbonyl (C=O) groups excluding carboxylic acids is 1. The second kappa shape index (κ2) is 5.12. The topological polar surface area (TPSA) is 66.4 Å². The molecule has 0 aliphatic carbocycles. The normalized spacial score (nSPS) is 14.2. The first kappa shape index (κ1) is 12.7. The van der Waals surface area contributed by atoms with Crippen LogP contribution >= 0.6 is 11.3 Å². The van der Waals surface area contributed by atoms with E-state index in [0.29, 0.717) is 0 Å². The summed E-state index contributed by atoms with van der Waals surface area (Å²) in [4.78, 5) is 24.3. The molecule has 0 radical (unpaired) electrons. The third kappa shape index (κ3) is 3.06. The van der Waals surface area contributed by atoms with Gasteiger partial charge in [0.15, 0.2) is 0 Å². The first-order valence-electron chi connectivity index (χ1n) is 5.01. The van der Waals surface area contributed by atoms with Crippen LogP contribution in [0.3, 0.4) is 0 Å². The highest BCUT2D eigenvalue weighted by Crippen LogP contribution is 2.22. The standard InChI is InChI=1S/C11H15NO3S/c1-6-4-5-9(16-6)8(3)12-10(13)7(2)11(14)15/h4-5,7-8H,1-3H3,(H,12,13)(H,14,15). The van der Waals surface area contributed by atoms with Crippen molar-refractivity contribution in [2.75, 3.05) is 0 Å². The first-order valence-corrected chi connectivity index (χ1v) is 5.83. The van der Waals surface area contributed by atoms with E-state index in [4.69, 9.17) is 5.11 Å². The molecule has 4 nitrogen and oxygen atoms in total. The van der Waals surface area contributed by atoms with Crippen LogP contribution in [0.4, 0.5) is 0 Å². The van der Waals surface area contributed by atoms with Crippen molar-refractivity contribution in [3.63, 3.8) is 0 Å². The summed E-state index contributed by atoms with van der Waals surface area (Å²) in [6, 6.07) is 3.77. The van der Waals surface area contributed by atoms with Gasteiger partial charge in [0.2, 0.25) is 5.91 Å². The van der Waals surface area contributed by atoms with Gasteiger partial charge in [0.1, 0.15) is 5.92 Å². The number of carbonyl (C=O) groups is 2. The molecule has 0 aliphatic rings. The number of aryl methyl sites for hydroxylation is 1. The molecule has 2 N–H and O–H groups in total. The number of amides is 1. The molecule has 2 atom stereocenters. The maximum absolute atomic E-state index is 11.5. The lowest BCUT2D eigenvalue weighted by Gasteiger charge is -2.14. The van der Waals surface area contributed by atoms with Crippen LogP contribution in [0.25, 0.3) is 0 Å². The Morgan fingerprint density at radius 2 is 2.00 bits per heavy atom. The fourth-order valence-electron chi connectivity index (χ4n) is 1.21. The monoisotopic (exact) mass is 241 g/mol. The average molecular weight is 241 g/mol. The minimum Gasteiger partial charge on any atom is -0.481 e. The number of nitrogens with one attached hydrogen (secondary N) is 1. The van der Waals surface area contributed by atoms with Crippen molar-refractivity contribution in [1.82, 2.24) is 5.32 Å². The number of rotatable bonds is 4. The Labute approximate surface area is 98.3 Å². The lowest BCUT2D eigenvalue weighted by atomic mass is 10.1. The quantitative estimate of drug-likeness (QED) is 0.792. The van der Waals surface area contributed by atoms with Crippen molar-refractivity contribution in [2.24, 2.45) is 5.92 Å². The molecule has 2 unspecified atom stereocenters. The fourth-order valence-corrected chi connectivity index (χ4v) is 2.09. The molecule has 1 aromatic heterocycles. The summed E-state index contributed by atoms with van der Waals surface area (Å²) < 4.78 is 0. The van der Waals surface area contributed by atoms with Crippen LogP contribution in [0.1, 0.15) is 29.6 Å². The van der Waals surface area contributed by atoms with E-state index in [0.717, 1.165) is 4.88 Å². The van der Waals surface area contributed by atoms with Crippen LogP contribution in [0.2, 0.25) is 0 Å². The van der Waals surface area contributed by atoms with Gasteiger partial charge in [-0.05, 0) is 32.9 Å². The summed E-state index contributed by atoms with van der Waals surface area (Å²) in [5.74, 6) is -2.57. The molecular weight excluding hydrogens is 226 g/mol. The molecule has 16 heavy (non-hydrogen) atoms. The largest absolute Gasteiger partial charge is 0.481 e. The molecular formula is C11H15NO3S. The number of thiophene rings is 1. The molecule has 1 aromatic rings. The Morgan fingerprint density at radius 1 is 1.38 bits per heavy atom. The van der Waals surface area contributed by atoms with Crippen LogP contribution in [0, 0.1) is 12.8 Å². The van der Waals surface area contributed by atoms with Crippen LogP contribution in [-0.4, -0.2) is 17.0 Å². The van der Waals surface area contributed by atoms with E-state index in [9.17, 15) is 9.59 Å². The molecule has 0 saturated heterocycles. The summed E-state index contributed by atoms with van der Waals surface area (Å²) in [5, 5.41) is 11.4. The predicted octanol–water partition coefficient (Wildman–Crippen LogP) is 1.95. The van der Waals surface area contributed by atoms with Gasteiger partial charge in [-0.25, -0.2) is 0 Å². The third-order valence-corrected chi connectivity index (χ3v) is 3.49. The molecule has 0 spiro atoms. The van der Waals surface area contributed by atoms with Crippen molar-refractivity contribution in [2.45, 2.75) is 26.8 Å². The van der Waals surface area contributed by atoms with Gasteiger partial charge in [-0.3, -0.25) is 9.59 Å². The Morgan fingerprint density at radius 3 is 2.44 bits per heavy atom. The molecule has 0 fully saturated rings. The maximum atomic E-state index is 11.5. The number of hydrogen-bond acceptors (Lipinski definition) is 3. The maximum Gasteiger partial charge on any atom is 0.315 e. The average Bonchev–Trinajstić information content (AvgIpc) is 2.63. The second-order valence-corrected chi connectivity index (χ2v) is 5.06. The van der Waals surface area contributed by atoms with Gasteiger partial charge in [0, 0.05) is 9.75 Å². The fraction of sp³-hybridized carbons (Fsp3) is 0.455. The van der Waals surface area contributed by atoms with Crippen molar-refractivity contribution >= 4 is 23.2 Å². The molecule has 0 saturated carbocycles. The van der Waals surface area contributed by atoms with Crippen molar-refractivity contribution in [3.8, 4) is 0 Å². The second-order valence-electron chi connectivity index (χ2n) is 3.74. The van der Waals surface area contributed by atoms with Gasteiger partial charge < -0.3 is 10.4 Å². The predicted molar refractivity (Wildman–Crippen MR) is 62.4 cm³/mol. The summed E-state index contributed by atoms with van der Waals surface area (Å²) in [7, 11) is 0. The Hall–Kier alpha value is -1.36. The van der Waals surface area contributed by atoms with E-state index in [-0.39, 0.29) is 6.04 Å². The number of carboxylic acid groups (broad SMARTS) is 1. The summed E-state index contributed by atoms with van der Waals surface area (Å²) in [6.07, 6.45) is 0. The zero-order valence-electron chi connectivity index (χ0n) is 9.48. The van der Waals surface area contributed by atoms with Gasteiger partial charge in [0.25, 0.3) is 0 Å². The van der Waals surface area contributed by atoms with E-state index in [2.05, 4.69) is 5.32 Å². The molecule has 0 aromatic carbocycles. The number of carboxylic acids is 1. The first-order chi connectivity index (χ1) is 7.41. The molecule has 88 valence electrons. The van der Waals surface area contributed by atoms with E-state index in [1.165, 1.54) is 11.8 Å². The zero-order valence-corrected chi connectivity index (χ0v) is 10.3. The highest BCUT2D eigenvalue weighted by Gasteiger charge is 2.22. The lowest BCUT2D eigenvalue weighted by Crippen LogP contribution is -2.34. The summed E-state index contributed by atoms with van der Waals surface area (Å²) in [5.41, 5.74) is 0. The SMILES string of the molecule is Cc1ccc(C(C)NC(=O)C(C)C(=O)O)s1. The van der Waals surface area contributed by atoms with Crippen LogP contribution in [-0.2, 0) is 9.59 Å². The van der Waals surface area contributed by atoms with E-state index >= 15 is 0 Å². The molecule has 1 heterocycles. The van der Waals surface area contributed by atoms with E-state index in [1.807, 2.05) is 26.0 Å². The van der Waals surface area contributed by atoms with E-state index in [1.54, 1.807) is 11.3 Å². The lowest BCUT2D eigenvalue weighted by molar-refractivity contribution is -0.146. The Balaban J connectivity index is 2.61. The van der Waals surface area contributed by atoms with Crippen LogP contribution in [0.15, 0.2) is 12.1 Å². The smallest absolute Gasteiger partial charge is 0.315 e. The molecule has 0 bridgehead atoms. The van der Waals surface area contributed by atoms with E-state index < -0.39 is 17.8 Å². The zero-order chi connectivity index (χ0) is 12.3. The van der Waals surface area contributed by atoms with Gasteiger partial charge in [-0.2, -0.15) is 0 Å². The van der Waals surface area contributed by atoms with Gasteiger partial charge in [-0.15, -0.1) is 11.3 Å². The van der Waals surface area contributed by atoms with Crippen molar-refractivity contribution < 1.29 is 14.7 Å². The van der Waals surface area contributed by atoms with Gasteiger partial charge in [0.05, 0.1) is 6.04 Å². The third-order valence-electron chi connectivity index (χ3n) is 2.31. The van der Waals surface area contributed by atoms with Gasteiger partial charge in [-0.1, -0.05) is 0 Å². The summed E-state index contributed by atoms with van der Waals surface area (Å²) >= 11 is 1.60. The summed E-state index contributed by atoms with van der Waals surface area (Å²) in [6.45, 7) is 5.21. The Kier molecular flexibility index (Phi) is 4.06. The number of hydrogen-bond donors (Lipinski definition) is 2. The molecule has 0 aliphatic heterocycles. The van der Waals surface area contributed by atoms with Crippen molar-refractivity contribution in [3.05, 3.63) is 21.9 Å². The molecule has 1 rings (SSSR count). The minimum absolute atomic E-state index is 0.145. The van der Waals surface area contributed by atoms with Crippen molar-refractivity contribution in [1.29, 1.82) is 0 Å².